The third-order valence-electron chi connectivity index (χ3n) is 2.47. The zero-order valence-electron chi connectivity index (χ0n) is 9.65. The molecule has 0 aliphatic heterocycles. The van der Waals surface area contributed by atoms with E-state index < -0.39 is 5.97 Å². The SMILES string of the molecule is Nc1ccc(Nc2ccc(Cl)c(Cl)c2)c(C(=O)O)c1. The minimum Gasteiger partial charge on any atom is -0.478 e. The Balaban J connectivity index is 2.37. The summed E-state index contributed by atoms with van der Waals surface area (Å²) in [6.45, 7) is 0. The molecular weight excluding hydrogens is 287 g/mol. The van der Waals surface area contributed by atoms with Gasteiger partial charge in [-0.25, -0.2) is 4.79 Å². The number of halogens is 2. The van der Waals surface area contributed by atoms with Crippen LogP contribution >= 0.6 is 23.2 Å². The topological polar surface area (TPSA) is 75.3 Å². The number of benzene rings is 2. The number of rotatable bonds is 3. The molecule has 0 radical (unpaired) electrons. The fraction of sp³-hybridized carbons (Fsp3) is 0. The molecule has 4 N–H and O–H groups in total. The Hall–Kier alpha value is -1.91. The van der Waals surface area contributed by atoms with Crippen molar-refractivity contribution in [2.24, 2.45) is 0 Å². The highest BCUT2D eigenvalue weighted by Crippen LogP contribution is 2.28. The predicted molar refractivity (Wildman–Crippen MR) is 77.6 cm³/mol. The number of nitrogen functional groups attached to an aromatic ring is 1. The fourth-order valence-corrected chi connectivity index (χ4v) is 1.88. The van der Waals surface area contributed by atoms with Gasteiger partial charge < -0.3 is 16.2 Å². The Morgan fingerprint density at radius 1 is 1.11 bits per heavy atom. The summed E-state index contributed by atoms with van der Waals surface area (Å²) in [6, 6.07) is 9.56. The van der Waals surface area contributed by atoms with Crippen LogP contribution in [-0.4, -0.2) is 11.1 Å². The third kappa shape index (κ3) is 3.10. The summed E-state index contributed by atoms with van der Waals surface area (Å²) in [4.78, 5) is 11.1. The van der Waals surface area contributed by atoms with E-state index in [4.69, 9.17) is 34.0 Å². The second kappa shape index (κ2) is 5.38. The Morgan fingerprint density at radius 2 is 1.84 bits per heavy atom. The summed E-state index contributed by atoms with van der Waals surface area (Å²) in [5, 5.41) is 12.9. The van der Waals surface area contributed by atoms with Crippen LogP contribution in [0, 0.1) is 0 Å². The molecule has 0 saturated heterocycles. The van der Waals surface area contributed by atoms with Gasteiger partial charge in [-0.1, -0.05) is 23.2 Å². The molecule has 0 aromatic heterocycles. The van der Waals surface area contributed by atoms with Crippen LogP contribution in [0.25, 0.3) is 0 Å². The number of hydrogen-bond acceptors (Lipinski definition) is 3. The summed E-state index contributed by atoms with van der Waals surface area (Å²) in [5.74, 6) is -1.06. The molecule has 0 aliphatic carbocycles. The number of carboxylic acid groups (broad SMARTS) is 1. The molecule has 0 fully saturated rings. The van der Waals surface area contributed by atoms with Gasteiger partial charge >= 0.3 is 5.97 Å². The van der Waals surface area contributed by atoms with E-state index in [0.29, 0.717) is 27.1 Å². The lowest BCUT2D eigenvalue weighted by Crippen LogP contribution is -2.03. The van der Waals surface area contributed by atoms with Crippen molar-refractivity contribution >= 4 is 46.2 Å². The molecule has 6 heteroatoms. The van der Waals surface area contributed by atoms with Gasteiger partial charge in [0.05, 0.1) is 21.3 Å². The number of carboxylic acids is 1. The standard InChI is InChI=1S/C13H10Cl2N2O2/c14-10-3-2-8(6-11(10)15)17-12-4-1-7(16)5-9(12)13(18)19/h1-6,17H,16H2,(H,18,19). The summed E-state index contributed by atoms with van der Waals surface area (Å²) < 4.78 is 0. The first kappa shape index (κ1) is 13.5. The summed E-state index contributed by atoms with van der Waals surface area (Å²) in [7, 11) is 0. The van der Waals surface area contributed by atoms with E-state index in [1.165, 1.54) is 6.07 Å². The quantitative estimate of drug-likeness (QED) is 0.748. The maximum Gasteiger partial charge on any atom is 0.337 e. The van der Waals surface area contributed by atoms with Crippen molar-refractivity contribution in [1.82, 2.24) is 0 Å². The molecule has 0 saturated carbocycles. The molecule has 98 valence electrons. The van der Waals surface area contributed by atoms with Crippen molar-refractivity contribution in [3.63, 3.8) is 0 Å². The van der Waals surface area contributed by atoms with E-state index in [1.807, 2.05) is 0 Å². The predicted octanol–water partition coefficient (Wildman–Crippen LogP) is 4.02. The Bertz CT molecular complexity index is 645. The van der Waals surface area contributed by atoms with Crippen LogP contribution in [0.4, 0.5) is 17.1 Å². The number of hydrogen-bond donors (Lipinski definition) is 3. The van der Waals surface area contributed by atoms with E-state index in [0.717, 1.165) is 0 Å². The normalized spacial score (nSPS) is 10.2. The van der Waals surface area contributed by atoms with Crippen LogP contribution in [0.5, 0.6) is 0 Å². The molecular formula is C13H10Cl2N2O2. The number of aromatic carboxylic acids is 1. The molecule has 0 amide bonds. The van der Waals surface area contributed by atoms with Crippen LogP contribution in [0.15, 0.2) is 36.4 Å². The molecule has 0 bridgehead atoms. The van der Waals surface area contributed by atoms with Crippen LogP contribution in [0.2, 0.25) is 10.0 Å². The minimum absolute atomic E-state index is 0.0890. The molecule has 0 unspecified atom stereocenters. The third-order valence-corrected chi connectivity index (χ3v) is 3.21. The van der Waals surface area contributed by atoms with E-state index in [-0.39, 0.29) is 5.56 Å². The van der Waals surface area contributed by atoms with Crippen LogP contribution in [0.1, 0.15) is 10.4 Å². The first-order valence-corrected chi connectivity index (χ1v) is 6.08. The number of carbonyl (C=O) groups is 1. The van der Waals surface area contributed by atoms with Crippen molar-refractivity contribution in [2.75, 3.05) is 11.1 Å². The lowest BCUT2D eigenvalue weighted by Gasteiger charge is -2.11. The fourth-order valence-electron chi connectivity index (χ4n) is 1.58. The first-order chi connectivity index (χ1) is 8.97. The van der Waals surface area contributed by atoms with Crippen molar-refractivity contribution in [3.8, 4) is 0 Å². The number of nitrogens with two attached hydrogens (primary N) is 1. The number of nitrogens with one attached hydrogen (secondary N) is 1. The molecule has 19 heavy (non-hydrogen) atoms. The summed E-state index contributed by atoms with van der Waals surface area (Å²) >= 11 is 11.7. The van der Waals surface area contributed by atoms with Gasteiger partial charge in [0, 0.05) is 11.4 Å². The van der Waals surface area contributed by atoms with Gasteiger partial charge in [0.2, 0.25) is 0 Å². The van der Waals surface area contributed by atoms with E-state index >= 15 is 0 Å². The molecule has 0 aliphatic rings. The highest BCUT2D eigenvalue weighted by molar-refractivity contribution is 6.42. The van der Waals surface area contributed by atoms with Crippen molar-refractivity contribution in [1.29, 1.82) is 0 Å². The van der Waals surface area contributed by atoms with Gasteiger partial charge in [-0.2, -0.15) is 0 Å². The van der Waals surface area contributed by atoms with Crippen molar-refractivity contribution < 1.29 is 9.90 Å². The first-order valence-electron chi connectivity index (χ1n) is 5.32. The molecule has 2 aromatic rings. The van der Waals surface area contributed by atoms with Crippen LogP contribution in [-0.2, 0) is 0 Å². The second-order valence-electron chi connectivity index (χ2n) is 3.86. The van der Waals surface area contributed by atoms with E-state index in [1.54, 1.807) is 30.3 Å². The molecule has 4 nitrogen and oxygen atoms in total. The Morgan fingerprint density at radius 3 is 2.47 bits per heavy atom. The van der Waals surface area contributed by atoms with Gasteiger partial charge in [-0.05, 0) is 36.4 Å². The number of anilines is 3. The zero-order chi connectivity index (χ0) is 14.0. The van der Waals surface area contributed by atoms with Crippen LogP contribution in [0.3, 0.4) is 0 Å². The average molecular weight is 297 g/mol. The zero-order valence-corrected chi connectivity index (χ0v) is 11.2. The molecule has 2 aromatic carbocycles. The van der Waals surface area contributed by atoms with Gasteiger partial charge in [0.1, 0.15) is 0 Å². The smallest absolute Gasteiger partial charge is 0.337 e. The monoisotopic (exact) mass is 296 g/mol. The maximum absolute atomic E-state index is 11.1. The van der Waals surface area contributed by atoms with E-state index in [9.17, 15) is 4.79 Å². The average Bonchev–Trinajstić information content (AvgIpc) is 2.36. The Kier molecular flexibility index (Phi) is 3.83. The second-order valence-corrected chi connectivity index (χ2v) is 4.68. The maximum atomic E-state index is 11.1. The molecule has 0 heterocycles. The Labute approximate surface area is 119 Å². The highest BCUT2D eigenvalue weighted by atomic mass is 35.5. The van der Waals surface area contributed by atoms with E-state index in [2.05, 4.69) is 5.32 Å². The minimum atomic E-state index is -1.06. The van der Waals surface area contributed by atoms with Crippen molar-refractivity contribution in [3.05, 3.63) is 52.0 Å². The van der Waals surface area contributed by atoms with Crippen LogP contribution < -0.4 is 11.1 Å². The van der Waals surface area contributed by atoms with Gasteiger partial charge in [-0.3, -0.25) is 0 Å². The highest BCUT2D eigenvalue weighted by Gasteiger charge is 2.11. The lowest BCUT2D eigenvalue weighted by atomic mass is 10.1. The van der Waals surface area contributed by atoms with Gasteiger partial charge in [-0.15, -0.1) is 0 Å². The largest absolute Gasteiger partial charge is 0.478 e. The molecule has 0 spiro atoms. The summed E-state index contributed by atoms with van der Waals surface area (Å²) in [5.41, 5.74) is 7.12. The lowest BCUT2D eigenvalue weighted by molar-refractivity contribution is 0.0698. The van der Waals surface area contributed by atoms with Crippen molar-refractivity contribution in [2.45, 2.75) is 0 Å². The van der Waals surface area contributed by atoms with Gasteiger partial charge in [0.25, 0.3) is 0 Å². The molecule has 0 atom stereocenters. The summed E-state index contributed by atoms with van der Waals surface area (Å²) in [6.07, 6.45) is 0. The molecule has 2 rings (SSSR count). The van der Waals surface area contributed by atoms with Gasteiger partial charge in [0.15, 0.2) is 0 Å².